The van der Waals surface area contributed by atoms with E-state index >= 15 is 0 Å². The molecule has 256 valence electrons. The van der Waals surface area contributed by atoms with Crippen molar-refractivity contribution in [2.24, 2.45) is 17.2 Å². The van der Waals surface area contributed by atoms with Gasteiger partial charge in [0.25, 0.3) is 0 Å². The van der Waals surface area contributed by atoms with E-state index in [1.807, 2.05) is 0 Å². The number of anilines is 1. The standard InChI is InChI=1S/C24H30ClF3N6O4.3CH4.3ClH/c25-16-5-7-20(35)18(12-16)32-23(38)19(11-14-1-3-15(4-2-14)24(26,27)28)33-22(37)17(31)6-8-21(36)34(13-30)10-9-29;;;;;;/h1-5,7,12,17,19,35H,6,8-11,13,29-31H2,(H,32,38)(H,33,37);3*1H4;3*1H/p-3/t17-,19+;;;;;;/m0....../s1. The van der Waals surface area contributed by atoms with Gasteiger partial charge in [0.1, 0.15) is 11.8 Å². The van der Waals surface area contributed by atoms with Crippen molar-refractivity contribution in [1.29, 1.82) is 0 Å². The summed E-state index contributed by atoms with van der Waals surface area (Å²) in [6, 6.07) is 5.54. The number of phenolic OH excluding ortho intramolecular Hbond substituents is 1. The Morgan fingerprint density at radius 1 is 0.955 bits per heavy atom. The van der Waals surface area contributed by atoms with Crippen LogP contribution >= 0.6 is 11.6 Å². The van der Waals surface area contributed by atoms with E-state index in [2.05, 4.69) is 10.6 Å². The molecule has 0 saturated heterocycles. The van der Waals surface area contributed by atoms with Crippen LogP contribution in [-0.2, 0) is 27.0 Å². The third-order valence-corrected chi connectivity index (χ3v) is 5.78. The van der Waals surface area contributed by atoms with Crippen LogP contribution in [0.5, 0.6) is 5.75 Å². The summed E-state index contributed by atoms with van der Waals surface area (Å²) in [5.74, 6) is -2.19. The van der Waals surface area contributed by atoms with Crippen molar-refractivity contribution in [3.63, 3.8) is 0 Å². The van der Waals surface area contributed by atoms with Crippen LogP contribution in [0.15, 0.2) is 42.5 Å². The number of halogens is 7. The molecule has 44 heavy (non-hydrogen) atoms. The van der Waals surface area contributed by atoms with Gasteiger partial charge in [-0.15, -0.1) is 0 Å². The minimum Gasteiger partial charge on any atom is -1.00 e. The monoisotopic (exact) mass is 711 g/mol. The molecule has 0 aliphatic carbocycles. The lowest BCUT2D eigenvalue weighted by molar-refractivity contribution is -0.137. The maximum absolute atomic E-state index is 13.0. The molecule has 3 amide bonds. The average Bonchev–Trinajstić information content (AvgIpc) is 2.87. The van der Waals surface area contributed by atoms with Crippen molar-refractivity contribution in [1.82, 2.24) is 10.2 Å². The maximum Gasteiger partial charge on any atom is 0.416 e. The van der Waals surface area contributed by atoms with Gasteiger partial charge < -0.3 is 75.1 Å². The van der Waals surface area contributed by atoms with Crippen molar-refractivity contribution in [3.8, 4) is 5.75 Å². The van der Waals surface area contributed by atoms with E-state index in [9.17, 15) is 32.7 Å². The zero-order valence-electron chi connectivity index (χ0n) is 21.4. The zero-order valence-corrected chi connectivity index (χ0v) is 24.5. The van der Waals surface area contributed by atoms with Gasteiger partial charge in [-0.25, -0.2) is 0 Å². The van der Waals surface area contributed by atoms with E-state index in [1.165, 1.54) is 35.2 Å². The number of amides is 3. The Labute approximate surface area is 280 Å². The second-order valence-corrected chi connectivity index (χ2v) is 8.82. The molecule has 0 heterocycles. The predicted octanol–water partition coefficient (Wildman–Crippen LogP) is -5.54. The number of carbonyl (C=O) groups is 3. The zero-order chi connectivity index (χ0) is 28.5. The van der Waals surface area contributed by atoms with Gasteiger partial charge in [-0.2, -0.15) is 13.2 Å². The normalized spacial score (nSPS) is 11.2. The van der Waals surface area contributed by atoms with Crippen LogP contribution in [0, 0.1) is 0 Å². The number of nitrogens with two attached hydrogens (primary N) is 3. The van der Waals surface area contributed by atoms with Crippen LogP contribution in [0.3, 0.4) is 0 Å². The first-order valence-corrected chi connectivity index (χ1v) is 11.9. The lowest BCUT2D eigenvalue weighted by atomic mass is 10.0. The van der Waals surface area contributed by atoms with Crippen LogP contribution < -0.4 is 65.1 Å². The molecule has 2 aromatic carbocycles. The average molecular weight is 713 g/mol. The fourth-order valence-corrected chi connectivity index (χ4v) is 3.60. The summed E-state index contributed by atoms with van der Waals surface area (Å²) >= 11 is 5.91. The van der Waals surface area contributed by atoms with E-state index in [-0.39, 0.29) is 121 Å². The molecule has 2 aromatic rings. The molecular weight excluding hydrogens is 671 g/mol. The smallest absolute Gasteiger partial charge is 0.416 e. The minimum absolute atomic E-state index is 0. The molecule has 0 unspecified atom stereocenters. The van der Waals surface area contributed by atoms with Gasteiger partial charge in [-0.05, 0) is 42.3 Å². The Morgan fingerprint density at radius 3 is 2.02 bits per heavy atom. The number of hydrogen-bond acceptors (Lipinski definition) is 7. The van der Waals surface area contributed by atoms with Crippen LogP contribution in [0.4, 0.5) is 18.9 Å². The largest absolute Gasteiger partial charge is 1.00 e. The van der Waals surface area contributed by atoms with Crippen LogP contribution in [-0.4, -0.2) is 59.6 Å². The van der Waals surface area contributed by atoms with E-state index in [0.717, 1.165) is 12.1 Å². The Balaban J connectivity index is -0.000000845. The van der Waals surface area contributed by atoms with E-state index in [0.29, 0.717) is 5.56 Å². The first-order chi connectivity index (χ1) is 17.8. The molecule has 0 aromatic heterocycles. The Hall–Kier alpha value is -2.52. The fraction of sp³-hybridized carbons (Fsp3) is 0.444. The number of alkyl halides is 3. The molecular formula is C27H42Cl4F3N6O4-3. The summed E-state index contributed by atoms with van der Waals surface area (Å²) in [5, 5.41) is 15.2. The number of aromatic hydroxyl groups is 1. The van der Waals surface area contributed by atoms with Gasteiger partial charge in [0.2, 0.25) is 17.7 Å². The Kier molecular flexibility index (Phi) is 27.6. The number of nitrogens with zero attached hydrogens (tertiary/aromatic N) is 1. The third kappa shape index (κ3) is 16.0. The molecule has 9 N–H and O–H groups in total. The topological polar surface area (TPSA) is 177 Å². The lowest BCUT2D eigenvalue weighted by Gasteiger charge is -2.23. The van der Waals surface area contributed by atoms with Crippen molar-refractivity contribution < 1.29 is 69.9 Å². The second-order valence-electron chi connectivity index (χ2n) is 8.38. The molecule has 0 spiro atoms. The van der Waals surface area contributed by atoms with Gasteiger partial charge in [0, 0.05) is 31.0 Å². The van der Waals surface area contributed by atoms with Gasteiger partial charge in [-0.1, -0.05) is 46.0 Å². The molecule has 17 heteroatoms. The molecule has 2 rings (SSSR count). The fourth-order valence-electron chi connectivity index (χ4n) is 3.42. The van der Waals surface area contributed by atoms with Gasteiger partial charge in [0.15, 0.2) is 0 Å². The minimum atomic E-state index is -4.54. The number of phenols is 1. The van der Waals surface area contributed by atoms with Gasteiger partial charge in [0.05, 0.1) is 24.0 Å². The summed E-state index contributed by atoms with van der Waals surface area (Å²) in [5.41, 5.74) is 16.3. The van der Waals surface area contributed by atoms with Crippen LogP contribution in [0.2, 0.25) is 5.02 Å². The third-order valence-electron chi connectivity index (χ3n) is 5.55. The number of nitrogens with one attached hydrogen (secondary N) is 2. The molecule has 0 radical (unpaired) electrons. The molecule has 0 aliphatic heterocycles. The summed E-state index contributed by atoms with van der Waals surface area (Å²) in [6.07, 6.45) is -4.89. The van der Waals surface area contributed by atoms with Crippen molar-refractivity contribution in [2.45, 2.75) is 59.8 Å². The SMILES string of the molecule is C.C.C.NCCN(CN)C(=O)CC[C@H](N)C(=O)N[C@H](Cc1ccc(C(F)(F)F)cc1)C(=O)Nc1cc(Cl)ccc1O.[Cl-].[Cl-].[Cl-]. The summed E-state index contributed by atoms with van der Waals surface area (Å²) < 4.78 is 38.8. The molecule has 10 nitrogen and oxygen atoms in total. The summed E-state index contributed by atoms with van der Waals surface area (Å²) in [7, 11) is 0. The van der Waals surface area contributed by atoms with E-state index in [1.54, 1.807) is 0 Å². The number of carbonyl (C=O) groups excluding carboxylic acids is 3. The Bertz CT molecular complexity index is 1130. The molecule has 0 aliphatic rings. The van der Waals surface area contributed by atoms with Crippen LogP contribution in [0.1, 0.15) is 46.2 Å². The predicted molar refractivity (Wildman–Crippen MR) is 156 cm³/mol. The molecule has 0 saturated carbocycles. The first kappa shape index (κ1) is 51.1. The highest BCUT2D eigenvalue weighted by molar-refractivity contribution is 6.31. The van der Waals surface area contributed by atoms with Crippen LogP contribution in [0.25, 0.3) is 0 Å². The van der Waals surface area contributed by atoms with Crippen molar-refractivity contribution in [3.05, 3.63) is 58.6 Å². The summed E-state index contributed by atoms with van der Waals surface area (Å²) in [6.45, 7) is 0.393. The Morgan fingerprint density at radius 2 is 1.52 bits per heavy atom. The maximum atomic E-state index is 13.0. The quantitative estimate of drug-likeness (QED) is 0.0940. The highest BCUT2D eigenvalue weighted by Gasteiger charge is 2.31. The van der Waals surface area contributed by atoms with E-state index in [4.69, 9.17) is 28.8 Å². The van der Waals surface area contributed by atoms with Gasteiger partial charge in [-0.3, -0.25) is 14.4 Å². The molecule has 0 bridgehead atoms. The van der Waals surface area contributed by atoms with E-state index < -0.39 is 35.6 Å². The van der Waals surface area contributed by atoms with Crippen molar-refractivity contribution in [2.75, 3.05) is 25.1 Å². The highest BCUT2D eigenvalue weighted by atomic mass is 35.5. The van der Waals surface area contributed by atoms with Crippen molar-refractivity contribution >= 4 is 35.0 Å². The number of rotatable bonds is 12. The summed E-state index contributed by atoms with van der Waals surface area (Å²) in [4.78, 5) is 39.4. The first-order valence-electron chi connectivity index (χ1n) is 11.5. The van der Waals surface area contributed by atoms with Gasteiger partial charge >= 0.3 is 6.18 Å². The lowest BCUT2D eigenvalue weighted by Crippen LogP contribution is -3.00. The number of hydrogen-bond donors (Lipinski definition) is 6. The molecule has 0 fully saturated rings. The second kappa shape index (κ2) is 23.8. The molecule has 2 atom stereocenters. The highest BCUT2D eigenvalue weighted by Crippen LogP contribution is 2.29. The number of benzene rings is 2.